The van der Waals surface area contributed by atoms with E-state index in [1.807, 2.05) is 18.2 Å². The molecule has 0 unspecified atom stereocenters. The van der Waals surface area contributed by atoms with Gasteiger partial charge in [0.2, 0.25) is 5.01 Å². The predicted molar refractivity (Wildman–Crippen MR) is 90.1 cm³/mol. The molecule has 1 amide bonds. The van der Waals surface area contributed by atoms with Gasteiger partial charge in [-0.05, 0) is 18.2 Å². The first-order valence-electron chi connectivity index (χ1n) is 6.18. The molecule has 110 valence electrons. The Morgan fingerprint density at radius 3 is 2.68 bits per heavy atom. The number of amides is 1. The van der Waals surface area contributed by atoms with Gasteiger partial charge in [-0.3, -0.25) is 9.78 Å². The van der Waals surface area contributed by atoms with Crippen LogP contribution in [0.4, 0.5) is 5.69 Å². The van der Waals surface area contributed by atoms with Crippen LogP contribution in [0, 0.1) is 0 Å². The van der Waals surface area contributed by atoms with Crippen molar-refractivity contribution in [2.75, 3.05) is 5.32 Å². The molecule has 0 spiro atoms. The lowest BCUT2D eigenvalue weighted by Crippen LogP contribution is -2.11. The van der Waals surface area contributed by atoms with Gasteiger partial charge >= 0.3 is 0 Å². The minimum atomic E-state index is -0.308. The van der Waals surface area contributed by atoms with Crippen LogP contribution in [0.2, 0.25) is 0 Å². The summed E-state index contributed by atoms with van der Waals surface area (Å²) in [7, 11) is 0. The quantitative estimate of drug-likeness (QED) is 0.774. The van der Waals surface area contributed by atoms with Gasteiger partial charge in [0.1, 0.15) is 0 Å². The van der Waals surface area contributed by atoms with E-state index in [9.17, 15) is 4.79 Å². The fourth-order valence-electron chi connectivity index (χ4n) is 1.60. The van der Waals surface area contributed by atoms with Gasteiger partial charge in [0, 0.05) is 16.8 Å². The molecule has 2 heterocycles. The number of hydrogen-bond donors (Lipinski definition) is 1. The number of aromatic nitrogens is 3. The molecule has 0 saturated heterocycles. The number of carbonyl (C=O) groups is 1. The summed E-state index contributed by atoms with van der Waals surface area (Å²) < 4.78 is 0. The number of carbonyl (C=O) groups excluding carboxylic acids is 1. The molecular weight excluding hydrogens is 340 g/mol. The number of para-hydroxylation sites is 1. The van der Waals surface area contributed by atoms with Gasteiger partial charge < -0.3 is 5.32 Å². The van der Waals surface area contributed by atoms with Crippen LogP contribution in [-0.2, 0) is 0 Å². The summed E-state index contributed by atoms with van der Waals surface area (Å²) in [6, 6.07) is 9.17. The van der Waals surface area contributed by atoms with E-state index in [0.29, 0.717) is 15.7 Å². The van der Waals surface area contributed by atoms with Crippen molar-refractivity contribution in [3.63, 3.8) is 0 Å². The molecule has 0 aliphatic heterocycles. The number of nitrogens with zero attached hydrogens (tertiary/aromatic N) is 3. The Balaban J connectivity index is 1.74. The van der Waals surface area contributed by atoms with Crippen LogP contribution in [-0.4, -0.2) is 21.1 Å². The van der Waals surface area contributed by atoms with E-state index < -0.39 is 0 Å². The van der Waals surface area contributed by atoms with Gasteiger partial charge in [-0.2, -0.15) is 0 Å². The van der Waals surface area contributed by atoms with E-state index in [2.05, 4.69) is 20.5 Å². The van der Waals surface area contributed by atoms with Crippen molar-refractivity contribution in [3.05, 3.63) is 56.9 Å². The highest BCUT2D eigenvalue weighted by molar-refractivity contribution is 7.15. The van der Waals surface area contributed by atoms with Crippen LogP contribution < -0.4 is 5.32 Å². The zero-order chi connectivity index (χ0) is 15.4. The Morgan fingerprint density at radius 2 is 1.95 bits per heavy atom. The number of thiazole rings is 1. The largest absolute Gasteiger partial charge is 0.320 e. The molecule has 3 rings (SSSR count). The summed E-state index contributed by atoms with van der Waals surface area (Å²) in [5.41, 5.74) is 2.42. The van der Waals surface area contributed by atoms with Crippen molar-refractivity contribution in [1.29, 1.82) is 0 Å². The van der Waals surface area contributed by atoms with Crippen LogP contribution in [0.1, 0.15) is 19.7 Å². The van der Waals surface area contributed by atoms with Crippen LogP contribution >= 0.6 is 34.3 Å². The molecular formula is C14H9ClN4OS2. The van der Waals surface area contributed by atoms with E-state index >= 15 is 0 Å². The molecule has 5 nitrogen and oxygen atoms in total. The standard InChI is InChI=1S/C14H9ClN4OS2/c15-11(6-10-7-16-8-21-10)13-18-19-14(22-13)12(20)17-9-4-2-1-3-5-9/h1-8H,(H,17,20)/b11-6+. The summed E-state index contributed by atoms with van der Waals surface area (Å²) in [6.45, 7) is 0. The highest BCUT2D eigenvalue weighted by Crippen LogP contribution is 2.26. The van der Waals surface area contributed by atoms with Crippen LogP contribution in [0.15, 0.2) is 42.0 Å². The molecule has 22 heavy (non-hydrogen) atoms. The number of hydrogen-bond acceptors (Lipinski definition) is 6. The lowest BCUT2D eigenvalue weighted by atomic mass is 10.3. The zero-order valence-electron chi connectivity index (χ0n) is 11.1. The SMILES string of the molecule is O=C(Nc1ccccc1)c1nnc(/C(Cl)=C\c2cncs2)s1. The Hall–Kier alpha value is -2.09. The third-order valence-electron chi connectivity index (χ3n) is 2.58. The monoisotopic (exact) mass is 348 g/mol. The van der Waals surface area contributed by atoms with Crippen molar-refractivity contribution in [2.24, 2.45) is 0 Å². The zero-order valence-corrected chi connectivity index (χ0v) is 13.5. The highest BCUT2D eigenvalue weighted by Gasteiger charge is 2.14. The Kier molecular flexibility index (Phi) is 4.57. The smallest absolute Gasteiger partial charge is 0.286 e. The van der Waals surface area contributed by atoms with Gasteiger partial charge in [0.05, 0.1) is 10.5 Å². The van der Waals surface area contributed by atoms with Gasteiger partial charge in [-0.15, -0.1) is 21.5 Å². The van der Waals surface area contributed by atoms with E-state index in [-0.39, 0.29) is 10.9 Å². The maximum absolute atomic E-state index is 12.1. The normalized spacial score (nSPS) is 11.4. The summed E-state index contributed by atoms with van der Waals surface area (Å²) in [6.07, 6.45) is 3.45. The number of anilines is 1. The average molecular weight is 349 g/mol. The lowest BCUT2D eigenvalue weighted by molar-refractivity contribution is 0.102. The molecule has 1 aromatic carbocycles. The minimum Gasteiger partial charge on any atom is -0.320 e. The number of halogens is 1. The van der Waals surface area contributed by atoms with E-state index in [0.717, 1.165) is 16.2 Å². The molecule has 2 aromatic heterocycles. The Morgan fingerprint density at radius 1 is 1.18 bits per heavy atom. The topological polar surface area (TPSA) is 67.8 Å². The van der Waals surface area contributed by atoms with Gasteiger partial charge in [0.15, 0.2) is 5.01 Å². The number of nitrogens with one attached hydrogen (secondary N) is 1. The molecule has 8 heteroatoms. The molecule has 0 fully saturated rings. The number of benzene rings is 1. The maximum Gasteiger partial charge on any atom is 0.286 e. The fourth-order valence-corrected chi connectivity index (χ4v) is 3.13. The Labute approximate surface area is 139 Å². The van der Waals surface area contributed by atoms with E-state index in [1.54, 1.807) is 29.9 Å². The first-order valence-corrected chi connectivity index (χ1v) is 8.26. The Bertz CT molecular complexity index is 799. The second-order valence-electron chi connectivity index (χ2n) is 4.13. The highest BCUT2D eigenvalue weighted by atomic mass is 35.5. The molecule has 3 aromatic rings. The molecule has 0 saturated carbocycles. The predicted octanol–water partition coefficient (Wildman–Crippen LogP) is 3.98. The molecule has 0 aliphatic rings. The van der Waals surface area contributed by atoms with Gasteiger partial charge in [0.25, 0.3) is 5.91 Å². The minimum absolute atomic E-state index is 0.259. The van der Waals surface area contributed by atoms with E-state index in [4.69, 9.17) is 11.6 Å². The third kappa shape index (κ3) is 3.56. The van der Waals surface area contributed by atoms with Gasteiger partial charge in [-0.25, -0.2) is 0 Å². The fraction of sp³-hybridized carbons (Fsp3) is 0. The summed E-state index contributed by atoms with van der Waals surface area (Å²) in [5.74, 6) is -0.308. The average Bonchev–Trinajstić information content (AvgIpc) is 3.19. The van der Waals surface area contributed by atoms with E-state index in [1.165, 1.54) is 11.3 Å². The van der Waals surface area contributed by atoms with Crippen molar-refractivity contribution >= 4 is 57.0 Å². The lowest BCUT2D eigenvalue weighted by Gasteiger charge is -2.00. The first kappa shape index (κ1) is 14.8. The van der Waals surface area contributed by atoms with Crippen molar-refractivity contribution in [3.8, 4) is 0 Å². The first-order chi connectivity index (χ1) is 10.7. The van der Waals surface area contributed by atoms with Crippen LogP contribution in [0.3, 0.4) is 0 Å². The molecule has 0 bridgehead atoms. The molecule has 0 aliphatic carbocycles. The summed E-state index contributed by atoms with van der Waals surface area (Å²) in [4.78, 5) is 17.0. The third-order valence-corrected chi connectivity index (χ3v) is 4.65. The maximum atomic E-state index is 12.1. The molecule has 0 radical (unpaired) electrons. The summed E-state index contributed by atoms with van der Waals surface area (Å²) in [5, 5.41) is 11.8. The second-order valence-corrected chi connectivity index (χ2v) is 6.43. The van der Waals surface area contributed by atoms with Crippen molar-refractivity contribution < 1.29 is 4.79 Å². The molecule has 1 N–H and O–H groups in total. The number of rotatable bonds is 4. The van der Waals surface area contributed by atoms with Crippen molar-refractivity contribution in [1.82, 2.24) is 15.2 Å². The molecule has 0 atom stereocenters. The van der Waals surface area contributed by atoms with Gasteiger partial charge in [-0.1, -0.05) is 41.1 Å². The van der Waals surface area contributed by atoms with Crippen LogP contribution in [0.5, 0.6) is 0 Å². The second kappa shape index (κ2) is 6.78. The summed E-state index contributed by atoms with van der Waals surface area (Å²) >= 11 is 8.80. The van der Waals surface area contributed by atoms with Crippen molar-refractivity contribution in [2.45, 2.75) is 0 Å². The van der Waals surface area contributed by atoms with Crippen LogP contribution in [0.25, 0.3) is 11.1 Å².